The maximum atomic E-state index is 10.4. The van der Waals surface area contributed by atoms with Gasteiger partial charge in [-0.1, -0.05) is 6.07 Å². The van der Waals surface area contributed by atoms with Gasteiger partial charge in [0, 0.05) is 38.6 Å². The molecule has 2 aliphatic heterocycles. The molecular formula is C16H25N3O2. The third-order valence-corrected chi connectivity index (χ3v) is 4.48. The minimum absolute atomic E-state index is 0.331. The molecule has 1 atom stereocenters. The van der Waals surface area contributed by atoms with E-state index in [-0.39, 0.29) is 0 Å². The summed E-state index contributed by atoms with van der Waals surface area (Å²) in [6.45, 7) is 5.12. The number of hydrogen-bond acceptors (Lipinski definition) is 5. The highest BCUT2D eigenvalue weighted by molar-refractivity contribution is 5.06. The molecule has 5 nitrogen and oxygen atoms in total. The Morgan fingerprint density at radius 3 is 2.95 bits per heavy atom. The zero-order valence-corrected chi connectivity index (χ0v) is 12.5. The number of nitrogens with one attached hydrogen (secondary N) is 1. The molecular weight excluding hydrogens is 266 g/mol. The average Bonchev–Trinajstić information content (AvgIpc) is 2.94. The molecule has 3 rings (SSSR count). The molecule has 0 aromatic carbocycles. The number of β-amino-alcohol motifs (C(OH)–C–C–N with tert-alkyl or cyclic N) is 1. The summed E-state index contributed by atoms with van der Waals surface area (Å²) >= 11 is 0. The van der Waals surface area contributed by atoms with Crippen molar-refractivity contribution in [1.82, 2.24) is 15.2 Å². The van der Waals surface area contributed by atoms with Crippen LogP contribution in [0.25, 0.3) is 0 Å². The largest absolute Gasteiger partial charge is 0.387 e. The Labute approximate surface area is 126 Å². The first-order chi connectivity index (χ1) is 10.2. The zero-order valence-electron chi connectivity index (χ0n) is 12.5. The molecule has 3 heterocycles. The maximum absolute atomic E-state index is 10.4. The molecule has 1 aromatic rings. The van der Waals surface area contributed by atoms with Gasteiger partial charge in [0.15, 0.2) is 0 Å². The Kier molecular flexibility index (Phi) is 4.85. The van der Waals surface area contributed by atoms with Crippen LogP contribution in [-0.4, -0.2) is 59.4 Å². The van der Waals surface area contributed by atoms with Crippen LogP contribution >= 0.6 is 0 Å². The quantitative estimate of drug-likeness (QED) is 0.840. The standard InChI is InChI=1S/C16H25N3O2/c20-16(5-7-18-12-16)13-19-8-3-15(4-9-19)21-11-14-2-1-6-17-10-14/h1-2,6,10,15,18,20H,3-5,7-9,11-13H2. The third-order valence-electron chi connectivity index (χ3n) is 4.48. The first-order valence-electron chi connectivity index (χ1n) is 7.89. The van der Waals surface area contributed by atoms with E-state index < -0.39 is 5.60 Å². The van der Waals surface area contributed by atoms with E-state index in [9.17, 15) is 5.11 Å². The van der Waals surface area contributed by atoms with Gasteiger partial charge in [-0.15, -0.1) is 0 Å². The fraction of sp³-hybridized carbons (Fsp3) is 0.688. The molecule has 0 radical (unpaired) electrons. The summed E-state index contributed by atoms with van der Waals surface area (Å²) in [5.74, 6) is 0. The van der Waals surface area contributed by atoms with Crippen LogP contribution < -0.4 is 5.32 Å². The Hall–Kier alpha value is -1.01. The molecule has 5 heteroatoms. The van der Waals surface area contributed by atoms with Gasteiger partial charge < -0.3 is 20.1 Å². The highest BCUT2D eigenvalue weighted by Gasteiger charge is 2.34. The van der Waals surface area contributed by atoms with Gasteiger partial charge in [-0.25, -0.2) is 0 Å². The van der Waals surface area contributed by atoms with E-state index in [2.05, 4.69) is 15.2 Å². The number of pyridine rings is 1. The second-order valence-corrected chi connectivity index (χ2v) is 6.30. The highest BCUT2D eigenvalue weighted by atomic mass is 16.5. The summed E-state index contributed by atoms with van der Waals surface area (Å²) in [6, 6.07) is 3.99. The summed E-state index contributed by atoms with van der Waals surface area (Å²) in [5, 5.41) is 13.7. The molecule has 0 aliphatic carbocycles. The summed E-state index contributed by atoms with van der Waals surface area (Å²) in [5.41, 5.74) is 0.606. The van der Waals surface area contributed by atoms with Gasteiger partial charge in [0.1, 0.15) is 0 Å². The van der Waals surface area contributed by atoms with E-state index in [1.807, 2.05) is 18.3 Å². The van der Waals surface area contributed by atoms with Crippen molar-refractivity contribution in [2.75, 3.05) is 32.7 Å². The number of nitrogens with zero attached hydrogens (tertiary/aromatic N) is 2. The number of aromatic nitrogens is 1. The molecule has 0 saturated carbocycles. The lowest BCUT2D eigenvalue weighted by Gasteiger charge is -2.36. The lowest BCUT2D eigenvalue weighted by Crippen LogP contribution is -2.48. The van der Waals surface area contributed by atoms with Crippen molar-refractivity contribution in [3.8, 4) is 0 Å². The number of rotatable bonds is 5. The lowest BCUT2D eigenvalue weighted by molar-refractivity contribution is -0.0290. The number of likely N-dealkylation sites (tertiary alicyclic amines) is 1. The van der Waals surface area contributed by atoms with E-state index in [1.54, 1.807) is 6.20 Å². The van der Waals surface area contributed by atoms with Gasteiger partial charge in [-0.05, 0) is 37.4 Å². The van der Waals surface area contributed by atoms with Gasteiger partial charge in [-0.3, -0.25) is 4.98 Å². The Balaban J connectivity index is 1.39. The normalized spacial score (nSPS) is 28.0. The van der Waals surface area contributed by atoms with Crippen molar-refractivity contribution in [3.05, 3.63) is 30.1 Å². The Morgan fingerprint density at radius 2 is 2.29 bits per heavy atom. The highest BCUT2D eigenvalue weighted by Crippen LogP contribution is 2.21. The molecule has 1 unspecified atom stereocenters. The van der Waals surface area contributed by atoms with Gasteiger partial charge >= 0.3 is 0 Å². The first-order valence-corrected chi connectivity index (χ1v) is 7.89. The van der Waals surface area contributed by atoms with Crippen molar-refractivity contribution in [1.29, 1.82) is 0 Å². The molecule has 0 bridgehead atoms. The molecule has 2 fully saturated rings. The second-order valence-electron chi connectivity index (χ2n) is 6.30. The number of piperidine rings is 1. The van der Waals surface area contributed by atoms with E-state index >= 15 is 0 Å². The van der Waals surface area contributed by atoms with Crippen LogP contribution in [0.15, 0.2) is 24.5 Å². The minimum atomic E-state index is -0.524. The predicted octanol–water partition coefficient (Wildman–Crippen LogP) is 0.787. The molecule has 2 aliphatic rings. The van der Waals surface area contributed by atoms with Gasteiger partial charge in [-0.2, -0.15) is 0 Å². The van der Waals surface area contributed by atoms with Gasteiger partial charge in [0.2, 0.25) is 0 Å². The summed E-state index contributed by atoms with van der Waals surface area (Å²) in [6.07, 6.45) is 6.93. The predicted molar refractivity (Wildman–Crippen MR) is 80.9 cm³/mol. The summed E-state index contributed by atoms with van der Waals surface area (Å²) in [4.78, 5) is 6.48. The van der Waals surface area contributed by atoms with Crippen LogP contribution in [0.3, 0.4) is 0 Å². The van der Waals surface area contributed by atoms with Crippen molar-refractivity contribution in [2.45, 2.75) is 37.6 Å². The van der Waals surface area contributed by atoms with Crippen molar-refractivity contribution < 1.29 is 9.84 Å². The molecule has 2 N–H and O–H groups in total. The minimum Gasteiger partial charge on any atom is -0.387 e. The molecule has 116 valence electrons. The lowest BCUT2D eigenvalue weighted by atomic mass is 10.00. The molecule has 0 spiro atoms. The Bertz CT molecular complexity index is 426. The maximum Gasteiger partial charge on any atom is 0.0909 e. The SMILES string of the molecule is OC1(CN2CCC(OCc3cccnc3)CC2)CCNC1. The van der Waals surface area contributed by atoms with E-state index in [0.29, 0.717) is 12.7 Å². The number of hydrogen-bond donors (Lipinski definition) is 2. The van der Waals surface area contributed by atoms with E-state index in [0.717, 1.165) is 57.5 Å². The van der Waals surface area contributed by atoms with Crippen LogP contribution in [0.1, 0.15) is 24.8 Å². The zero-order chi connectivity index (χ0) is 14.5. The van der Waals surface area contributed by atoms with Crippen molar-refractivity contribution in [3.63, 3.8) is 0 Å². The number of aliphatic hydroxyl groups is 1. The molecule has 2 saturated heterocycles. The fourth-order valence-electron chi connectivity index (χ4n) is 3.21. The monoisotopic (exact) mass is 291 g/mol. The average molecular weight is 291 g/mol. The second kappa shape index (κ2) is 6.83. The van der Waals surface area contributed by atoms with Crippen molar-refractivity contribution in [2.24, 2.45) is 0 Å². The third kappa shape index (κ3) is 4.23. The smallest absolute Gasteiger partial charge is 0.0909 e. The van der Waals surface area contributed by atoms with Crippen molar-refractivity contribution >= 4 is 0 Å². The Morgan fingerprint density at radius 1 is 1.43 bits per heavy atom. The summed E-state index contributed by atoms with van der Waals surface area (Å²) in [7, 11) is 0. The topological polar surface area (TPSA) is 57.6 Å². The van der Waals surface area contributed by atoms with Gasteiger partial charge in [0.25, 0.3) is 0 Å². The van der Waals surface area contributed by atoms with E-state index in [1.165, 1.54) is 0 Å². The summed E-state index contributed by atoms with van der Waals surface area (Å²) < 4.78 is 5.97. The molecule has 0 amide bonds. The first kappa shape index (κ1) is 14.9. The molecule has 21 heavy (non-hydrogen) atoms. The molecule has 1 aromatic heterocycles. The number of ether oxygens (including phenoxy) is 1. The van der Waals surface area contributed by atoms with Gasteiger partial charge in [0.05, 0.1) is 18.3 Å². The van der Waals surface area contributed by atoms with Crippen LogP contribution in [0.2, 0.25) is 0 Å². The van der Waals surface area contributed by atoms with Crippen LogP contribution in [0.4, 0.5) is 0 Å². The van der Waals surface area contributed by atoms with Crippen LogP contribution in [0.5, 0.6) is 0 Å². The van der Waals surface area contributed by atoms with E-state index in [4.69, 9.17) is 4.74 Å². The van der Waals surface area contributed by atoms with Crippen LogP contribution in [0, 0.1) is 0 Å². The van der Waals surface area contributed by atoms with Crippen LogP contribution in [-0.2, 0) is 11.3 Å². The fourth-order valence-corrected chi connectivity index (χ4v) is 3.21.